The Balaban J connectivity index is 3.25. The van der Waals surface area contributed by atoms with Crippen LogP contribution >= 0.6 is 0 Å². The molecule has 1 aromatic rings. The Bertz CT molecular complexity index is 617. The lowest BCUT2D eigenvalue weighted by Gasteiger charge is -2.40. The van der Waals surface area contributed by atoms with Gasteiger partial charge in [-0.15, -0.1) is 0 Å². The number of halogens is 6. The van der Waals surface area contributed by atoms with Gasteiger partial charge < -0.3 is 9.84 Å². The number of hydrogen-bond acceptors (Lipinski definition) is 2. The van der Waals surface area contributed by atoms with Gasteiger partial charge in [-0.2, -0.15) is 26.3 Å². The van der Waals surface area contributed by atoms with E-state index in [1.165, 1.54) is 19.9 Å². The Morgan fingerprint density at radius 3 is 1.96 bits per heavy atom. The Morgan fingerprint density at radius 2 is 1.56 bits per heavy atom. The molecule has 0 aromatic heterocycles. The van der Waals surface area contributed by atoms with Crippen molar-refractivity contribution in [1.29, 1.82) is 0 Å². The zero-order valence-corrected chi connectivity index (χ0v) is 14.2. The first-order valence-corrected chi connectivity index (χ1v) is 7.34. The summed E-state index contributed by atoms with van der Waals surface area (Å²) in [6.07, 6.45) is -14.5. The summed E-state index contributed by atoms with van der Waals surface area (Å²) in [5.74, 6) is 0. The van der Waals surface area contributed by atoms with Gasteiger partial charge in [-0.25, -0.2) is 0 Å². The lowest BCUT2D eigenvalue weighted by Crippen LogP contribution is -2.64. The van der Waals surface area contributed by atoms with Gasteiger partial charge >= 0.3 is 12.4 Å². The van der Waals surface area contributed by atoms with Gasteiger partial charge in [0.25, 0.3) is 5.60 Å². The van der Waals surface area contributed by atoms with Crippen molar-refractivity contribution in [1.82, 2.24) is 0 Å². The molecule has 0 bridgehead atoms. The van der Waals surface area contributed by atoms with Gasteiger partial charge in [0, 0.05) is 0 Å². The molecule has 25 heavy (non-hydrogen) atoms. The van der Waals surface area contributed by atoms with Crippen LogP contribution in [0.5, 0.6) is 0 Å². The summed E-state index contributed by atoms with van der Waals surface area (Å²) in [6, 6.07) is 6.37. The molecule has 2 nitrogen and oxygen atoms in total. The normalized spacial score (nSPS) is 15.2. The third-order valence-corrected chi connectivity index (χ3v) is 3.97. The van der Waals surface area contributed by atoms with E-state index in [-0.39, 0.29) is 0 Å². The van der Waals surface area contributed by atoms with Gasteiger partial charge in [0.15, 0.2) is 0 Å². The highest BCUT2D eigenvalue weighted by Gasteiger charge is 2.74. The van der Waals surface area contributed by atoms with Crippen LogP contribution in [0.4, 0.5) is 26.3 Å². The van der Waals surface area contributed by atoms with Crippen molar-refractivity contribution >= 4 is 5.57 Å². The number of aliphatic hydroxyl groups is 1. The van der Waals surface area contributed by atoms with Crippen molar-refractivity contribution in [2.75, 3.05) is 0 Å². The standard InChI is InChI=1S/C17H20F6O2/c1-10(2)12-7-6-8-13(9-12)14(4,5)25-11(3)15(24,16(18,19)20)17(21,22)23/h6-9,11,24H,1H2,2-5H3. The topological polar surface area (TPSA) is 29.5 Å². The van der Waals surface area contributed by atoms with Crippen molar-refractivity contribution < 1.29 is 36.2 Å². The van der Waals surface area contributed by atoms with Crippen LogP contribution in [0, 0.1) is 0 Å². The second-order valence-corrected chi connectivity index (χ2v) is 6.39. The summed E-state index contributed by atoms with van der Waals surface area (Å²) < 4.78 is 82.7. The maximum atomic E-state index is 12.9. The third kappa shape index (κ3) is 4.17. The molecule has 0 aliphatic carbocycles. The Morgan fingerprint density at radius 1 is 1.08 bits per heavy atom. The molecule has 0 fully saturated rings. The van der Waals surface area contributed by atoms with Gasteiger partial charge in [0.05, 0.1) is 5.60 Å². The van der Waals surface area contributed by atoms with Crippen LogP contribution in [0.2, 0.25) is 0 Å². The number of rotatable bonds is 5. The highest BCUT2D eigenvalue weighted by atomic mass is 19.4. The van der Waals surface area contributed by atoms with E-state index in [0.29, 0.717) is 23.6 Å². The summed E-state index contributed by atoms with van der Waals surface area (Å²) in [6.45, 7) is 8.65. The predicted octanol–water partition coefficient (Wildman–Crippen LogP) is 5.22. The quantitative estimate of drug-likeness (QED) is 0.721. The number of benzene rings is 1. The van der Waals surface area contributed by atoms with Crippen molar-refractivity contribution in [3.05, 3.63) is 42.0 Å². The molecule has 0 aliphatic rings. The molecule has 0 saturated carbocycles. The van der Waals surface area contributed by atoms with Crippen LogP contribution in [-0.2, 0) is 10.3 Å². The summed E-state index contributed by atoms with van der Waals surface area (Å²) in [7, 11) is 0. The highest BCUT2D eigenvalue weighted by Crippen LogP contribution is 2.47. The van der Waals surface area contributed by atoms with Gasteiger partial charge in [-0.3, -0.25) is 0 Å². The monoisotopic (exact) mass is 370 g/mol. The van der Waals surface area contributed by atoms with Crippen molar-refractivity contribution in [3.8, 4) is 0 Å². The lowest BCUT2D eigenvalue weighted by atomic mass is 9.91. The summed E-state index contributed by atoms with van der Waals surface area (Å²) in [4.78, 5) is 0. The minimum Gasteiger partial charge on any atom is -0.372 e. The third-order valence-electron chi connectivity index (χ3n) is 3.97. The maximum absolute atomic E-state index is 12.9. The zero-order valence-electron chi connectivity index (χ0n) is 14.2. The summed E-state index contributed by atoms with van der Waals surface area (Å²) in [5.41, 5.74) is -4.80. The van der Waals surface area contributed by atoms with E-state index < -0.39 is 29.7 Å². The second kappa shape index (κ2) is 6.64. The molecule has 1 aromatic carbocycles. The first-order chi connectivity index (χ1) is 11.0. The fraction of sp³-hybridized carbons (Fsp3) is 0.529. The Kier molecular flexibility index (Phi) is 5.71. The number of alkyl halides is 6. The van der Waals surface area contributed by atoms with Gasteiger partial charge in [-0.1, -0.05) is 30.4 Å². The number of ether oxygens (including phenoxy) is 1. The molecule has 1 rings (SSSR count). The van der Waals surface area contributed by atoms with Crippen LogP contribution in [0.15, 0.2) is 30.8 Å². The average molecular weight is 370 g/mol. The fourth-order valence-electron chi connectivity index (χ4n) is 2.38. The molecule has 8 heteroatoms. The smallest absolute Gasteiger partial charge is 0.372 e. The minimum absolute atomic E-state index is 0.353. The van der Waals surface area contributed by atoms with Gasteiger partial charge in [-0.05, 0) is 44.9 Å². The number of hydrogen-bond donors (Lipinski definition) is 1. The molecule has 142 valence electrons. The van der Waals surface area contributed by atoms with Crippen LogP contribution in [-0.4, -0.2) is 29.2 Å². The van der Waals surface area contributed by atoms with Gasteiger partial charge in [0.2, 0.25) is 0 Å². The van der Waals surface area contributed by atoms with Crippen LogP contribution in [0.3, 0.4) is 0 Å². The predicted molar refractivity (Wildman–Crippen MR) is 81.8 cm³/mol. The van der Waals surface area contributed by atoms with E-state index in [0.717, 1.165) is 0 Å². The summed E-state index contributed by atoms with van der Waals surface area (Å²) in [5, 5.41) is 9.42. The first kappa shape index (κ1) is 21.5. The largest absolute Gasteiger partial charge is 0.428 e. The van der Waals surface area contributed by atoms with E-state index in [2.05, 4.69) is 6.58 Å². The second-order valence-electron chi connectivity index (χ2n) is 6.39. The zero-order chi connectivity index (χ0) is 19.8. The van der Waals surface area contributed by atoms with E-state index in [1.807, 2.05) is 0 Å². The Hall–Kier alpha value is -1.54. The van der Waals surface area contributed by atoms with E-state index in [1.54, 1.807) is 25.1 Å². The van der Waals surface area contributed by atoms with Crippen molar-refractivity contribution in [2.24, 2.45) is 0 Å². The van der Waals surface area contributed by atoms with Crippen molar-refractivity contribution in [2.45, 2.75) is 57.4 Å². The van der Waals surface area contributed by atoms with Crippen LogP contribution < -0.4 is 0 Å². The molecule has 0 spiro atoms. The first-order valence-electron chi connectivity index (χ1n) is 7.34. The van der Waals surface area contributed by atoms with E-state index in [4.69, 9.17) is 4.74 Å². The van der Waals surface area contributed by atoms with Gasteiger partial charge in [0.1, 0.15) is 6.10 Å². The fourth-order valence-corrected chi connectivity index (χ4v) is 2.38. The molecule has 0 heterocycles. The maximum Gasteiger partial charge on any atom is 0.428 e. The lowest BCUT2D eigenvalue weighted by molar-refractivity contribution is -0.398. The summed E-state index contributed by atoms with van der Waals surface area (Å²) >= 11 is 0. The number of allylic oxidation sites excluding steroid dienone is 1. The average Bonchev–Trinajstić information content (AvgIpc) is 2.43. The highest BCUT2D eigenvalue weighted by molar-refractivity contribution is 5.62. The molecule has 1 unspecified atom stereocenters. The molecule has 0 aliphatic heterocycles. The minimum atomic E-state index is -5.94. The van der Waals surface area contributed by atoms with Crippen LogP contribution in [0.1, 0.15) is 38.8 Å². The SMILES string of the molecule is C=C(C)c1cccc(C(C)(C)OC(C)C(O)(C(F)(F)F)C(F)(F)F)c1. The molecule has 0 saturated heterocycles. The molecular weight excluding hydrogens is 350 g/mol. The molecule has 1 atom stereocenters. The Labute approximate surface area is 142 Å². The van der Waals surface area contributed by atoms with E-state index >= 15 is 0 Å². The molecule has 0 amide bonds. The van der Waals surface area contributed by atoms with Crippen molar-refractivity contribution in [3.63, 3.8) is 0 Å². The van der Waals surface area contributed by atoms with E-state index in [9.17, 15) is 31.4 Å². The molecule has 1 N–H and O–H groups in total. The molecule has 0 radical (unpaired) electrons. The molecular formula is C17H20F6O2. The van der Waals surface area contributed by atoms with Crippen LogP contribution in [0.25, 0.3) is 5.57 Å².